The number of carbonyl (C=O) groups excluding carboxylic acids is 2. The summed E-state index contributed by atoms with van der Waals surface area (Å²) in [5, 5.41) is 13.4. The van der Waals surface area contributed by atoms with Crippen LogP contribution in [0.3, 0.4) is 0 Å². The molecule has 0 bridgehead atoms. The summed E-state index contributed by atoms with van der Waals surface area (Å²) >= 11 is 0. The lowest BCUT2D eigenvalue weighted by Crippen LogP contribution is -2.45. The second-order valence-corrected chi connectivity index (χ2v) is 7.81. The smallest absolute Gasteiger partial charge is 0.271 e. The van der Waals surface area contributed by atoms with E-state index in [0.717, 1.165) is 0 Å². The van der Waals surface area contributed by atoms with E-state index in [1.54, 1.807) is 6.92 Å². The first-order valence-electron chi connectivity index (χ1n) is 7.88. The monoisotopic (exact) mass is 389 g/mol. The minimum absolute atomic E-state index is 0.00341. The maximum atomic E-state index is 12.6. The van der Waals surface area contributed by atoms with Gasteiger partial charge in [0.2, 0.25) is 5.91 Å². The number of carbonyl (C=O) groups is 2. The van der Waals surface area contributed by atoms with Crippen LogP contribution in [-0.2, 0) is 14.8 Å². The number of non-ortho nitro benzene ring substituents is 1. The fourth-order valence-corrected chi connectivity index (χ4v) is 4.51. The molecule has 1 aliphatic rings. The zero-order valence-electron chi connectivity index (χ0n) is 14.4. The highest BCUT2D eigenvalue weighted by molar-refractivity contribution is 7.90. The molecule has 10 heteroatoms. The molecule has 0 saturated carbocycles. The molecule has 1 aliphatic heterocycles. The highest BCUT2D eigenvalue weighted by Crippen LogP contribution is 2.32. The number of hydrogen-bond donors (Lipinski definition) is 1. The molecule has 0 aliphatic carbocycles. The molecule has 0 aromatic heterocycles. The standard InChI is InChI=1S/C17H15N3O6S/c1-10-7-8-12(20(23)24)9-14(10)18-16(21)11(2)19-17(22)13-5-3-4-6-15(13)27(19,25)26/h3-9,11H,1-2H3,(H,18,21)/t11-/m0/s1. The van der Waals surface area contributed by atoms with E-state index in [4.69, 9.17) is 0 Å². The van der Waals surface area contributed by atoms with Crippen molar-refractivity contribution >= 4 is 33.2 Å². The van der Waals surface area contributed by atoms with Crippen molar-refractivity contribution < 1.29 is 22.9 Å². The SMILES string of the molecule is Cc1ccc([N+](=O)[O-])cc1NC(=O)[C@H](C)N1C(=O)c2ccccc2S1(=O)=O. The van der Waals surface area contributed by atoms with Gasteiger partial charge in [-0.1, -0.05) is 18.2 Å². The molecule has 3 rings (SSSR count). The minimum Gasteiger partial charge on any atom is -0.324 e. The summed E-state index contributed by atoms with van der Waals surface area (Å²) in [4.78, 5) is 35.2. The summed E-state index contributed by atoms with van der Waals surface area (Å²) in [5.41, 5.74) is 0.507. The van der Waals surface area contributed by atoms with Gasteiger partial charge in [0.1, 0.15) is 10.9 Å². The molecule has 0 fully saturated rings. The summed E-state index contributed by atoms with van der Waals surface area (Å²) in [6.45, 7) is 2.92. The number of nitrogens with zero attached hydrogens (tertiary/aromatic N) is 2. The van der Waals surface area contributed by atoms with Gasteiger partial charge in [-0.05, 0) is 31.5 Å². The molecular formula is C17H15N3O6S. The maximum absolute atomic E-state index is 12.6. The van der Waals surface area contributed by atoms with Crippen molar-refractivity contribution in [3.05, 3.63) is 63.7 Å². The Balaban J connectivity index is 1.90. The van der Waals surface area contributed by atoms with Crippen LogP contribution in [0.4, 0.5) is 11.4 Å². The fourth-order valence-electron chi connectivity index (χ4n) is 2.79. The normalized spacial score (nSPS) is 15.9. The van der Waals surface area contributed by atoms with E-state index in [2.05, 4.69) is 5.32 Å². The summed E-state index contributed by atoms with van der Waals surface area (Å²) < 4.78 is 25.8. The minimum atomic E-state index is -4.15. The van der Waals surface area contributed by atoms with Gasteiger partial charge >= 0.3 is 0 Å². The summed E-state index contributed by atoms with van der Waals surface area (Å²) in [6.07, 6.45) is 0. The quantitative estimate of drug-likeness (QED) is 0.630. The van der Waals surface area contributed by atoms with Crippen LogP contribution in [0.15, 0.2) is 47.4 Å². The predicted octanol–water partition coefficient (Wildman–Crippen LogP) is 2.07. The van der Waals surface area contributed by atoms with E-state index in [9.17, 15) is 28.1 Å². The zero-order chi connectivity index (χ0) is 19.9. The van der Waals surface area contributed by atoms with Crippen LogP contribution in [0.5, 0.6) is 0 Å². The first-order chi connectivity index (χ1) is 12.6. The van der Waals surface area contributed by atoms with Gasteiger partial charge in [-0.15, -0.1) is 0 Å². The Kier molecular flexibility index (Phi) is 4.44. The second kappa shape index (κ2) is 6.47. The van der Waals surface area contributed by atoms with E-state index in [1.165, 1.54) is 49.4 Å². The maximum Gasteiger partial charge on any atom is 0.271 e. The third-order valence-corrected chi connectivity index (χ3v) is 6.19. The highest BCUT2D eigenvalue weighted by atomic mass is 32.2. The van der Waals surface area contributed by atoms with Gasteiger partial charge in [-0.3, -0.25) is 19.7 Å². The molecule has 9 nitrogen and oxygen atoms in total. The van der Waals surface area contributed by atoms with Crippen molar-refractivity contribution in [2.45, 2.75) is 24.8 Å². The molecule has 2 aromatic rings. The molecule has 140 valence electrons. The van der Waals surface area contributed by atoms with Gasteiger partial charge in [0.05, 0.1) is 16.2 Å². The molecular weight excluding hydrogens is 374 g/mol. The Morgan fingerprint density at radius 2 is 1.89 bits per heavy atom. The number of nitro benzene ring substituents is 1. The molecule has 2 aromatic carbocycles. The number of benzene rings is 2. The van der Waals surface area contributed by atoms with Gasteiger partial charge in [-0.2, -0.15) is 0 Å². The Bertz CT molecular complexity index is 1080. The van der Waals surface area contributed by atoms with E-state index in [1.807, 2.05) is 0 Å². The van der Waals surface area contributed by atoms with E-state index >= 15 is 0 Å². The van der Waals surface area contributed by atoms with Crippen LogP contribution in [0, 0.1) is 17.0 Å². The lowest BCUT2D eigenvalue weighted by Gasteiger charge is -2.22. The van der Waals surface area contributed by atoms with Crippen LogP contribution < -0.4 is 5.32 Å². The Morgan fingerprint density at radius 3 is 2.52 bits per heavy atom. The average molecular weight is 389 g/mol. The molecule has 27 heavy (non-hydrogen) atoms. The number of anilines is 1. The Labute approximate surface area is 154 Å². The number of rotatable bonds is 4. The summed E-state index contributed by atoms with van der Waals surface area (Å²) in [5.74, 6) is -1.56. The molecule has 2 amide bonds. The van der Waals surface area contributed by atoms with Crippen molar-refractivity contribution in [3.8, 4) is 0 Å². The number of sulfonamides is 1. The summed E-state index contributed by atoms with van der Waals surface area (Å²) in [7, 11) is -4.15. The van der Waals surface area contributed by atoms with Crippen molar-refractivity contribution in [2.75, 3.05) is 5.32 Å². The molecule has 0 radical (unpaired) electrons. The lowest BCUT2D eigenvalue weighted by molar-refractivity contribution is -0.384. The van der Waals surface area contributed by atoms with E-state index in [0.29, 0.717) is 9.87 Å². The zero-order valence-corrected chi connectivity index (χ0v) is 15.2. The number of nitro groups is 1. The fraction of sp³-hybridized carbons (Fsp3) is 0.176. The van der Waals surface area contributed by atoms with Gasteiger partial charge in [-0.25, -0.2) is 12.7 Å². The molecule has 1 heterocycles. The van der Waals surface area contributed by atoms with Gasteiger partial charge in [0, 0.05) is 12.1 Å². The largest absolute Gasteiger partial charge is 0.324 e. The van der Waals surface area contributed by atoms with Crippen LogP contribution in [0.2, 0.25) is 0 Å². The van der Waals surface area contributed by atoms with Crippen molar-refractivity contribution in [1.29, 1.82) is 0 Å². The number of nitrogens with one attached hydrogen (secondary N) is 1. The molecule has 0 unspecified atom stereocenters. The third-order valence-electron chi connectivity index (χ3n) is 4.28. The number of hydrogen-bond acceptors (Lipinski definition) is 6. The predicted molar refractivity (Wildman–Crippen MR) is 95.7 cm³/mol. The molecule has 1 N–H and O–H groups in total. The Hall–Kier alpha value is -3.27. The second-order valence-electron chi connectivity index (χ2n) is 6.02. The van der Waals surface area contributed by atoms with Crippen LogP contribution in [-0.4, -0.2) is 35.5 Å². The number of aryl methyl sites for hydroxylation is 1. The first-order valence-corrected chi connectivity index (χ1v) is 9.32. The lowest BCUT2D eigenvalue weighted by atomic mass is 10.1. The summed E-state index contributed by atoms with van der Waals surface area (Å²) in [6, 6.07) is 8.30. The number of fused-ring (bicyclic) bond motifs is 1. The van der Waals surface area contributed by atoms with Crippen LogP contribution in [0.25, 0.3) is 0 Å². The van der Waals surface area contributed by atoms with Crippen LogP contribution in [0.1, 0.15) is 22.8 Å². The molecule has 1 atom stereocenters. The van der Waals surface area contributed by atoms with Crippen LogP contribution >= 0.6 is 0 Å². The van der Waals surface area contributed by atoms with E-state index in [-0.39, 0.29) is 21.8 Å². The molecule has 0 spiro atoms. The highest BCUT2D eigenvalue weighted by Gasteiger charge is 2.45. The topological polar surface area (TPSA) is 127 Å². The van der Waals surface area contributed by atoms with Crippen molar-refractivity contribution in [3.63, 3.8) is 0 Å². The average Bonchev–Trinajstić information content (AvgIpc) is 2.82. The van der Waals surface area contributed by atoms with Gasteiger partial charge < -0.3 is 5.32 Å². The van der Waals surface area contributed by atoms with E-state index < -0.39 is 32.8 Å². The van der Waals surface area contributed by atoms with Crippen molar-refractivity contribution in [2.24, 2.45) is 0 Å². The Morgan fingerprint density at radius 1 is 1.22 bits per heavy atom. The van der Waals surface area contributed by atoms with Gasteiger partial charge in [0.15, 0.2) is 0 Å². The molecule has 0 saturated heterocycles. The number of amides is 2. The van der Waals surface area contributed by atoms with Gasteiger partial charge in [0.25, 0.3) is 21.6 Å². The van der Waals surface area contributed by atoms with Crippen molar-refractivity contribution in [1.82, 2.24) is 4.31 Å². The third kappa shape index (κ3) is 3.04. The first kappa shape index (κ1) is 18.5.